The Morgan fingerprint density at radius 3 is 2.50 bits per heavy atom. The van der Waals surface area contributed by atoms with Crippen LogP contribution in [-0.2, 0) is 17.8 Å². The van der Waals surface area contributed by atoms with E-state index in [1.807, 2.05) is 83.8 Å². The van der Waals surface area contributed by atoms with E-state index in [1.165, 1.54) is 5.56 Å². The number of anilines is 1. The van der Waals surface area contributed by atoms with Crippen molar-refractivity contribution in [3.05, 3.63) is 102 Å². The molecule has 1 unspecified atom stereocenters. The average molecular weight is 369 g/mol. The Bertz CT molecular complexity index is 977. The van der Waals surface area contributed by atoms with Crippen LogP contribution in [0, 0.1) is 0 Å². The van der Waals surface area contributed by atoms with E-state index in [4.69, 9.17) is 4.74 Å². The zero-order chi connectivity index (χ0) is 19.3. The number of ether oxygens (including phenoxy) is 1. The SMILES string of the molecule is CC1Cc2ccccc2N1C(=O)/C=C/c1ccc(OCc2ccccc2)cc1. The van der Waals surface area contributed by atoms with E-state index in [-0.39, 0.29) is 11.9 Å². The highest BCUT2D eigenvalue weighted by Gasteiger charge is 2.29. The number of carbonyl (C=O) groups excluding carboxylic acids is 1. The molecule has 3 aromatic carbocycles. The van der Waals surface area contributed by atoms with Gasteiger partial charge in [0.2, 0.25) is 0 Å². The fourth-order valence-electron chi connectivity index (χ4n) is 3.57. The molecule has 1 heterocycles. The summed E-state index contributed by atoms with van der Waals surface area (Å²) in [5.41, 5.74) is 4.36. The van der Waals surface area contributed by atoms with Crippen molar-refractivity contribution in [2.75, 3.05) is 4.90 Å². The topological polar surface area (TPSA) is 29.5 Å². The van der Waals surface area contributed by atoms with Crippen molar-refractivity contribution in [1.82, 2.24) is 0 Å². The highest BCUT2D eigenvalue weighted by molar-refractivity contribution is 6.05. The number of para-hydroxylation sites is 1. The first-order chi connectivity index (χ1) is 13.7. The third-order valence-corrected chi connectivity index (χ3v) is 4.99. The van der Waals surface area contributed by atoms with Gasteiger partial charge < -0.3 is 9.64 Å². The fraction of sp³-hybridized carbons (Fsp3) is 0.160. The first-order valence-corrected chi connectivity index (χ1v) is 9.57. The van der Waals surface area contributed by atoms with E-state index in [9.17, 15) is 4.79 Å². The molecule has 1 atom stereocenters. The summed E-state index contributed by atoms with van der Waals surface area (Å²) >= 11 is 0. The predicted molar refractivity (Wildman–Crippen MR) is 113 cm³/mol. The molecule has 0 aromatic heterocycles. The molecule has 4 rings (SSSR count). The second-order valence-electron chi connectivity index (χ2n) is 7.07. The number of hydrogen-bond acceptors (Lipinski definition) is 2. The summed E-state index contributed by atoms with van der Waals surface area (Å²) in [5.74, 6) is 0.830. The molecule has 3 aromatic rings. The lowest BCUT2D eigenvalue weighted by molar-refractivity contribution is -0.114. The molecule has 0 spiro atoms. The molecular formula is C25H23NO2. The van der Waals surface area contributed by atoms with Crippen LogP contribution in [0.4, 0.5) is 5.69 Å². The van der Waals surface area contributed by atoms with Crippen molar-refractivity contribution in [2.45, 2.75) is 26.0 Å². The minimum Gasteiger partial charge on any atom is -0.489 e. The molecule has 1 aliphatic rings. The van der Waals surface area contributed by atoms with Gasteiger partial charge in [0, 0.05) is 17.8 Å². The maximum Gasteiger partial charge on any atom is 0.251 e. The highest BCUT2D eigenvalue weighted by atomic mass is 16.5. The molecule has 0 radical (unpaired) electrons. The number of carbonyl (C=O) groups is 1. The van der Waals surface area contributed by atoms with Crippen LogP contribution < -0.4 is 9.64 Å². The summed E-state index contributed by atoms with van der Waals surface area (Å²) in [4.78, 5) is 14.6. The lowest BCUT2D eigenvalue weighted by Crippen LogP contribution is -2.34. The predicted octanol–water partition coefficient (Wildman–Crippen LogP) is 5.26. The first-order valence-electron chi connectivity index (χ1n) is 9.57. The van der Waals surface area contributed by atoms with Gasteiger partial charge in [0.05, 0.1) is 0 Å². The van der Waals surface area contributed by atoms with Gasteiger partial charge in [-0.15, -0.1) is 0 Å². The largest absolute Gasteiger partial charge is 0.489 e. The van der Waals surface area contributed by atoms with Crippen LogP contribution in [0.25, 0.3) is 6.08 Å². The molecule has 0 aliphatic carbocycles. The summed E-state index contributed by atoms with van der Waals surface area (Å²) in [6.07, 6.45) is 4.42. The second kappa shape index (κ2) is 8.13. The van der Waals surface area contributed by atoms with Crippen LogP contribution in [0.1, 0.15) is 23.6 Å². The molecule has 28 heavy (non-hydrogen) atoms. The summed E-state index contributed by atoms with van der Waals surface area (Å²) in [6.45, 7) is 2.63. The quantitative estimate of drug-likeness (QED) is 0.574. The van der Waals surface area contributed by atoms with Crippen LogP contribution >= 0.6 is 0 Å². The lowest BCUT2D eigenvalue weighted by atomic mass is 10.1. The standard InChI is InChI=1S/C25H23NO2/c1-19-17-22-9-5-6-10-24(22)26(19)25(27)16-13-20-11-14-23(15-12-20)28-18-21-7-3-2-4-8-21/h2-16,19H,17-18H2,1H3/b16-13+. The molecule has 1 amide bonds. The molecular weight excluding hydrogens is 346 g/mol. The van der Waals surface area contributed by atoms with Crippen molar-refractivity contribution in [1.29, 1.82) is 0 Å². The Balaban J connectivity index is 1.39. The molecule has 0 fully saturated rings. The number of benzene rings is 3. The number of nitrogens with zero attached hydrogens (tertiary/aromatic N) is 1. The minimum absolute atomic E-state index is 0.0156. The summed E-state index contributed by atoms with van der Waals surface area (Å²) in [6, 6.07) is 26.2. The third-order valence-electron chi connectivity index (χ3n) is 4.99. The second-order valence-corrected chi connectivity index (χ2v) is 7.07. The van der Waals surface area contributed by atoms with E-state index < -0.39 is 0 Å². The van der Waals surface area contributed by atoms with E-state index in [0.29, 0.717) is 6.61 Å². The van der Waals surface area contributed by atoms with Crippen LogP contribution in [0.5, 0.6) is 5.75 Å². The number of rotatable bonds is 5. The maximum absolute atomic E-state index is 12.7. The Labute approximate surface area is 165 Å². The zero-order valence-corrected chi connectivity index (χ0v) is 15.9. The van der Waals surface area contributed by atoms with Crippen molar-refractivity contribution in [2.24, 2.45) is 0 Å². The molecule has 3 nitrogen and oxygen atoms in total. The fourth-order valence-corrected chi connectivity index (χ4v) is 3.57. The van der Waals surface area contributed by atoms with Crippen molar-refractivity contribution < 1.29 is 9.53 Å². The van der Waals surface area contributed by atoms with Crippen molar-refractivity contribution >= 4 is 17.7 Å². The van der Waals surface area contributed by atoms with Gasteiger partial charge in [-0.05, 0) is 54.3 Å². The van der Waals surface area contributed by atoms with Crippen LogP contribution in [0.2, 0.25) is 0 Å². The smallest absolute Gasteiger partial charge is 0.251 e. The summed E-state index contributed by atoms with van der Waals surface area (Å²) in [7, 11) is 0. The van der Waals surface area contributed by atoms with Gasteiger partial charge in [-0.25, -0.2) is 0 Å². The van der Waals surface area contributed by atoms with Gasteiger partial charge in [-0.1, -0.05) is 60.7 Å². The molecule has 0 saturated carbocycles. The van der Waals surface area contributed by atoms with Crippen LogP contribution in [-0.4, -0.2) is 11.9 Å². The van der Waals surface area contributed by atoms with Gasteiger partial charge in [0.25, 0.3) is 5.91 Å². The van der Waals surface area contributed by atoms with E-state index in [2.05, 4.69) is 13.0 Å². The van der Waals surface area contributed by atoms with Gasteiger partial charge >= 0.3 is 0 Å². The number of amides is 1. The molecule has 3 heteroatoms. The first kappa shape index (κ1) is 18.1. The van der Waals surface area contributed by atoms with Crippen molar-refractivity contribution in [3.63, 3.8) is 0 Å². The number of fused-ring (bicyclic) bond motifs is 1. The normalized spacial score (nSPS) is 15.6. The number of hydrogen-bond donors (Lipinski definition) is 0. The van der Waals surface area contributed by atoms with E-state index in [1.54, 1.807) is 6.08 Å². The van der Waals surface area contributed by atoms with E-state index >= 15 is 0 Å². The Morgan fingerprint density at radius 1 is 1.00 bits per heavy atom. The van der Waals surface area contributed by atoms with Gasteiger partial charge in [0.1, 0.15) is 12.4 Å². The average Bonchev–Trinajstić information content (AvgIpc) is 3.08. The molecule has 140 valence electrons. The molecule has 1 aliphatic heterocycles. The Morgan fingerprint density at radius 2 is 1.71 bits per heavy atom. The minimum atomic E-state index is 0.0156. The summed E-state index contributed by atoms with van der Waals surface area (Å²) < 4.78 is 5.81. The van der Waals surface area contributed by atoms with Crippen LogP contribution in [0.15, 0.2) is 84.9 Å². The van der Waals surface area contributed by atoms with Gasteiger partial charge in [-0.2, -0.15) is 0 Å². The monoisotopic (exact) mass is 369 g/mol. The van der Waals surface area contributed by atoms with E-state index in [0.717, 1.165) is 29.0 Å². The van der Waals surface area contributed by atoms with Gasteiger partial charge in [-0.3, -0.25) is 4.79 Å². The Kier molecular flexibility index (Phi) is 5.24. The lowest BCUT2D eigenvalue weighted by Gasteiger charge is -2.20. The van der Waals surface area contributed by atoms with Crippen LogP contribution in [0.3, 0.4) is 0 Å². The maximum atomic E-state index is 12.7. The van der Waals surface area contributed by atoms with Crippen molar-refractivity contribution in [3.8, 4) is 5.75 Å². The summed E-state index contributed by atoms with van der Waals surface area (Å²) in [5, 5.41) is 0. The molecule has 0 saturated heterocycles. The third kappa shape index (κ3) is 3.99. The molecule has 0 N–H and O–H groups in total. The van der Waals surface area contributed by atoms with Gasteiger partial charge in [0.15, 0.2) is 0 Å². The molecule has 0 bridgehead atoms. The Hall–Kier alpha value is -3.33. The zero-order valence-electron chi connectivity index (χ0n) is 15.9. The highest BCUT2D eigenvalue weighted by Crippen LogP contribution is 2.32.